The molecule has 33 heavy (non-hydrogen) atoms. The zero-order valence-electron chi connectivity index (χ0n) is 19.0. The summed E-state index contributed by atoms with van der Waals surface area (Å²) in [6.45, 7) is 8.00. The summed E-state index contributed by atoms with van der Waals surface area (Å²) >= 11 is 1.36. The lowest BCUT2D eigenvalue weighted by atomic mass is 10.1. The fourth-order valence-corrected chi connectivity index (χ4v) is 8.39. The van der Waals surface area contributed by atoms with Crippen molar-refractivity contribution in [3.05, 3.63) is 59.4 Å². The van der Waals surface area contributed by atoms with Crippen LogP contribution in [0.15, 0.2) is 47.5 Å². The second-order valence-electron chi connectivity index (χ2n) is 8.40. The lowest BCUT2D eigenvalue weighted by Crippen LogP contribution is -2.38. The average molecular weight is 490 g/mol. The molecule has 0 radical (unpaired) electrons. The Morgan fingerprint density at radius 3 is 2.48 bits per heavy atom. The van der Waals surface area contributed by atoms with Crippen LogP contribution in [0.3, 0.4) is 0 Å². The van der Waals surface area contributed by atoms with Crippen LogP contribution in [0, 0.1) is 12.7 Å². The minimum absolute atomic E-state index is 0.0487. The van der Waals surface area contributed by atoms with E-state index in [-0.39, 0.29) is 40.9 Å². The highest BCUT2D eigenvalue weighted by atomic mass is 32.2. The van der Waals surface area contributed by atoms with Crippen molar-refractivity contribution in [2.75, 3.05) is 34.4 Å². The molecule has 2 aliphatic heterocycles. The van der Waals surface area contributed by atoms with Gasteiger partial charge in [-0.1, -0.05) is 23.9 Å². The van der Waals surface area contributed by atoms with Gasteiger partial charge in [0.05, 0.1) is 24.0 Å². The van der Waals surface area contributed by atoms with E-state index in [1.54, 1.807) is 12.1 Å². The highest BCUT2D eigenvalue weighted by molar-refractivity contribution is 8.16. The molecule has 176 valence electrons. The van der Waals surface area contributed by atoms with Crippen molar-refractivity contribution in [2.45, 2.75) is 38.5 Å². The van der Waals surface area contributed by atoms with Crippen molar-refractivity contribution in [1.29, 1.82) is 0 Å². The lowest BCUT2D eigenvalue weighted by Gasteiger charge is -2.28. The number of nitrogens with zero attached hydrogens (tertiary/aromatic N) is 3. The number of hydrogen-bond donors (Lipinski definition) is 0. The summed E-state index contributed by atoms with van der Waals surface area (Å²) in [5.41, 5.74) is 3.66. The number of fused-ring (bicyclic) bond motifs is 1. The van der Waals surface area contributed by atoms with Crippen LogP contribution in [0.2, 0.25) is 0 Å². The standard InChI is InChI=1S/C24H28FN3O3S2/c1-4-27(5-2)19-10-11-20(16(3)12-19)28-21-14-33(30,31)15-22(21)32-24(28)26-23(29)13-17-6-8-18(25)9-7-17/h6-12,21-22H,4-5,13-15H2,1-3H3. The van der Waals surface area contributed by atoms with Gasteiger partial charge in [-0.05, 0) is 62.2 Å². The number of amides is 1. The predicted octanol–water partition coefficient (Wildman–Crippen LogP) is 3.82. The van der Waals surface area contributed by atoms with E-state index < -0.39 is 9.84 Å². The molecule has 0 spiro atoms. The first-order chi connectivity index (χ1) is 15.7. The maximum absolute atomic E-state index is 13.2. The van der Waals surface area contributed by atoms with Gasteiger partial charge >= 0.3 is 0 Å². The van der Waals surface area contributed by atoms with Gasteiger partial charge in [-0.3, -0.25) is 4.79 Å². The molecule has 0 aromatic heterocycles. The summed E-state index contributed by atoms with van der Waals surface area (Å²) in [5.74, 6) is -0.560. The number of anilines is 2. The molecular weight excluding hydrogens is 461 g/mol. The van der Waals surface area contributed by atoms with Gasteiger partial charge in [0, 0.05) is 29.7 Å². The number of amidine groups is 1. The number of carbonyl (C=O) groups is 1. The zero-order valence-corrected chi connectivity index (χ0v) is 20.6. The molecule has 2 aromatic rings. The molecule has 2 atom stereocenters. The largest absolute Gasteiger partial charge is 0.372 e. The number of sulfone groups is 1. The third kappa shape index (κ3) is 5.09. The Morgan fingerprint density at radius 1 is 1.15 bits per heavy atom. The number of benzene rings is 2. The van der Waals surface area contributed by atoms with Crippen LogP contribution in [-0.2, 0) is 21.1 Å². The van der Waals surface area contributed by atoms with E-state index in [9.17, 15) is 17.6 Å². The van der Waals surface area contributed by atoms with Gasteiger partial charge in [-0.25, -0.2) is 12.8 Å². The van der Waals surface area contributed by atoms with Crippen molar-refractivity contribution >= 4 is 44.0 Å². The lowest BCUT2D eigenvalue weighted by molar-refractivity contribution is -0.117. The van der Waals surface area contributed by atoms with Crippen LogP contribution in [-0.4, -0.2) is 55.4 Å². The van der Waals surface area contributed by atoms with E-state index in [4.69, 9.17) is 0 Å². The van der Waals surface area contributed by atoms with Gasteiger partial charge < -0.3 is 9.80 Å². The van der Waals surface area contributed by atoms with Gasteiger partial charge in [0.25, 0.3) is 5.91 Å². The number of aryl methyl sites for hydroxylation is 1. The number of thioether (sulfide) groups is 1. The second-order valence-corrected chi connectivity index (χ2v) is 11.8. The first-order valence-electron chi connectivity index (χ1n) is 11.1. The topological polar surface area (TPSA) is 70.0 Å². The number of rotatable bonds is 6. The molecule has 0 saturated carbocycles. The summed E-state index contributed by atoms with van der Waals surface area (Å²) in [7, 11) is -3.14. The molecule has 2 saturated heterocycles. The second kappa shape index (κ2) is 9.46. The highest BCUT2D eigenvalue weighted by Crippen LogP contribution is 2.42. The summed E-state index contributed by atoms with van der Waals surface area (Å²) < 4.78 is 37.9. The van der Waals surface area contributed by atoms with Crippen LogP contribution in [0.5, 0.6) is 0 Å². The monoisotopic (exact) mass is 489 g/mol. The molecule has 6 nitrogen and oxygen atoms in total. The first kappa shape index (κ1) is 23.8. The van der Waals surface area contributed by atoms with Gasteiger partial charge in [0.2, 0.25) is 0 Å². The summed E-state index contributed by atoms with van der Waals surface area (Å²) in [5, 5.41) is 0.375. The summed E-state index contributed by atoms with van der Waals surface area (Å²) in [6, 6.07) is 11.7. The normalized spacial score (nSPS) is 22.5. The molecule has 0 bridgehead atoms. The van der Waals surface area contributed by atoms with Crippen LogP contribution in [0.1, 0.15) is 25.0 Å². The molecular formula is C24H28FN3O3S2. The number of hydrogen-bond acceptors (Lipinski definition) is 5. The molecule has 2 fully saturated rings. The quantitative estimate of drug-likeness (QED) is 0.614. The van der Waals surface area contributed by atoms with E-state index >= 15 is 0 Å². The van der Waals surface area contributed by atoms with Crippen LogP contribution < -0.4 is 9.80 Å². The number of carbonyl (C=O) groups excluding carboxylic acids is 1. The fraction of sp³-hybridized carbons (Fsp3) is 0.417. The molecule has 0 aliphatic carbocycles. The third-order valence-electron chi connectivity index (χ3n) is 6.12. The predicted molar refractivity (Wildman–Crippen MR) is 134 cm³/mol. The summed E-state index contributed by atoms with van der Waals surface area (Å²) in [4.78, 5) is 21.3. The maximum Gasteiger partial charge on any atom is 0.252 e. The van der Waals surface area contributed by atoms with Gasteiger partial charge in [0.1, 0.15) is 5.82 Å². The van der Waals surface area contributed by atoms with Crippen LogP contribution >= 0.6 is 11.8 Å². The Morgan fingerprint density at radius 2 is 1.85 bits per heavy atom. The van der Waals surface area contributed by atoms with E-state index in [2.05, 4.69) is 29.8 Å². The molecule has 0 N–H and O–H groups in total. The maximum atomic E-state index is 13.2. The minimum atomic E-state index is -3.14. The van der Waals surface area contributed by atoms with E-state index in [0.29, 0.717) is 10.7 Å². The Labute approximate surface area is 198 Å². The first-order valence-corrected chi connectivity index (χ1v) is 13.8. The SMILES string of the molecule is CCN(CC)c1ccc(N2C(=NC(=O)Cc3ccc(F)cc3)SC3CS(=O)(=O)CC32)c(C)c1. The molecule has 2 aliphatic rings. The van der Waals surface area contributed by atoms with Crippen molar-refractivity contribution < 1.29 is 17.6 Å². The number of aliphatic imine (C=N–C) groups is 1. The average Bonchev–Trinajstić information content (AvgIpc) is 3.22. The molecule has 2 heterocycles. The van der Waals surface area contributed by atoms with E-state index in [1.165, 1.54) is 23.9 Å². The third-order valence-corrected chi connectivity index (χ3v) is 9.33. The molecule has 4 rings (SSSR count). The van der Waals surface area contributed by atoms with Crippen molar-refractivity contribution in [2.24, 2.45) is 4.99 Å². The van der Waals surface area contributed by atoms with Gasteiger partial charge in [0.15, 0.2) is 15.0 Å². The van der Waals surface area contributed by atoms with Crippen molar-refractivity contribution in [1.82, 2.24) is 0 Å². The highest BCUT2D eigenvalue weighted by Gasteiger charge is 2.49. The molecule has 2 unspecified atom stereocenters. The van der Waals surface area contributed by atoms with Crippen molar-refractivity contribution in [3.63, 3.8) is 0 Å². The molecule has 2 aromatic carbocycles. The Bertz CT molecular complexity index is 1180. The van der Waals surface area contributed by atoms with Crippen molar-refractivity contribution in [3.8, 4) is 0 Å². The molecule has 9 heteroatoms. The van der Waals surface area contributed by atoms with Gasteiger partial charge in [-0.15, -0.1) is 0 Å². The summed E-state index contributed by atoms with van der Waals surface area (Å²) in [6.07, 6.45) is 0.0612. The minimum Gasteiger partial charge on any atom is -0.372 e. The Kier molecular flexibility index (Phi) is 6.81. The van der Waals surface area contributed by atoms with E-state index in [0.717, 1.165) is 30.0 Å². The smallest absolute Gasteiger partial charge is 0.252 e. The fourth-order valence-electron chi connectivity index (χ4n) is 4.46. The zero-order chi connectivity index (χ0) is 23.8. The molecule has 1 amide bonds. The Hall–Kier alpha value is -2.39. The van der Waals surface area contributed by atoms with Crippen LogP contribution in [0.4, 0.5) is 15.8 Å². The van der Waals surface area contributed by atoms with Crippen LogP contribution in [0.25, 0.3) is 0 Å². The van der Waals surface area contributed by atoms with Gasteiger partial charge in [-0.2, -0.15) is 4.99 Å². The Balaban J connectivity index is 1.66. The van der Waals surface area contributed by atoms with E-state index in [1.807, 2.05) is 24.0 Å². The number of halogens is 1.